The minimum atomic E-state index is 0.332. The summed E-state index contributed by atoms with van der Waals surface area (Å²) in [6, 6.07) is 3.54. The fourth-order valence-corrected chi connectivity index (χ4v) is 0.734. The molecule has 0 radical (unpaired) electrons. The van der Waals surface area contributed by atoms with Crippen LogP contribution in [0.2, 0.25) is 0 Å². The second-order valence-corrected chi connectivity index (χ2v) is 2.03. The average molecular weight is 154 g/mol. The van der Waals surface area contributed by atoms with Crippen LogP contribution in [0, 0.1) is 6.92 Å². The molecule has 5 nitrogen and oxygen atoms in total. The maximum atomic E-state index is 5.17. The van der Waals surface area contributed by atoms with Gasteiger partial charge in [-0.1, -0.05) is 0 Å². The van der Waals surface area contributed by atoms with Crippen molar-refractivity contribution in [1.29, 1.82) is 0 Å². The van der Waals surface area contributed by atoms with Crippen LogP contribution in [0.5, 0.6) is 0 Å². The topological polar surface area (TPSA) is 89.6 Å². The van der Waals surface area contributed by atoms with Gasteiger partial charge < -0.3 is 15.7 Å². The second kappa shape index (κ2) is 3.07. The quantitative estimate of drug-likeness (QED) is 0.223. The SMILES string of the molecule is Cc1ccc(/C(=N/N)NN)o1. The predicted molar refractivity (Wildman–Crippen MR) is 41.5 cm³/mol. The molecule has 0 aliphatic rings. The molecule has 11 heavy (non-hydrogen) atoms. The largest absolute Gasteiger partial charge is 0.458 e. The number of hydrogen-bond donors (Lipinski definition) is 3. The number of amidine groups is 1. The maximum Gasteiger partial charge on any atom is 0.202 e. The zero-order valence-electron chi connectivity index (χ0n) is 6.16. The zero-order chi connectivity index (χ0) is 8.27. The third-order valence-corrected chi connectivity index (χ3v) is 1.24. The summed E-state index contributed by atoms with van der Waals surface area (Å²) in [4.78, 5) is 0. The molecule has 1 aromatic rings. The third kappa shape index (κ3) is 1.50. The van der Waals surface area contributed by atoms with E-state index >= 15 is 0 Å². The summed E-state index contributed by atoms with van der Waals surface area (Å²) in [6.45, 7) is 1.83. The molecule has 1 rings (SSSR count). The van der Waals surface area contributed by atoms with E-state index in [9.17, 15) is 0 Å². The number of hydrazine groups is 1. The molecule has 0 fully saturated rings. The van der Waals surface area contributed by atoms with E-state index in [0.717, 1.165) is 5.76 Å². The van der Waals surface area contributed by atoms with E-state index in [-0.39, 0.29) is 0 Å². The van der Waals surface area contributed by atoms with Gasteiger partial charge in [-0.15, -0.1) is 0 Å². The summed E-state index contributed by atoms with van der Waals surface area (Å²) < 4.78 is 5.17. The molecule has 60 valence electrons. The molecular weight excluding hydrogens is 144 g/mol. The number of nitrogens with two attached hydrogens (primary N) is 2. The second-order valence-electron chi connectivity index (χ2n) is 2.03. The van der Waals surface area contributed by atoms with Crippen LogP contribution >= 0.6 is 0 Å². The van der Waals surface area contributed by atoms with Crippen LogP contribution in [-0.4, -0.2) is 5.84 Å². The third-order valence-electron chi connectivity index (χ3n) is 1.24. The summed E-state index contributed by atoms with van der Waals surface area (Å²) in [5.41, 5.74) is 2.31. The monoisotopic (exact) mass is 154 g/mol. The van der Waals surface area contributed by atoms with Crippen molar-refractivity contribution < 1.29 is 4.42 Å². The van der Waals surface area contributed by atoms with Gasteiger partial charge in [-0.2, -0.15) is 5.10 Å². The first-order valence-electron chi connectivity index (χ1n) is 3.09. The Labute approximate surface area is 64.0 Å². The number of aryl methyl sites for hydroxylation is 1. The fourth-order valence-electron chi connectivity index (χ4n) is 0.734. The summed E-state index contributed by atoms with van der Waals surface area (Å²) in [6.07, 6.45) is 0. The smallest absolute Gasteiger partial charge is 0.202 e. The molecule has 0 atom stereocenters. The van der Waals surface area contributed by atoms with Crippen molar-refractivity contribution in [2.75, 3.05) is 0 Å². The van der Waals surface area contributed by atoms with E-state index < -0.39 is 0 Å². The number of hydrogen-bond acceptors (Lipinski definition) is 4. The van der Waals surface area contributed by atoms with Crippen LogP contribution in [0.4, 0.5) is 0 Å². The average Bonchev–Trinajstić information content (AvgIpc) is 2.39. The molecule has 5 N–H and O–H groups in total. The van der Waals surface area contributed by atoms with E-state index in [1.54, 1.807) is 12.1 Å². The van der Waals surface area contributed by atoms with Gasteiger partial charge in [0.15, 0.2) is 5.76 Å². The highest BCUT2D eigenvalue weighted by molar-refractivity contribution is 5.95. The van der Waals surface area contributed by atoms with Crippen molar-refractivity contribution in [3.8, 4) is 0 Å². The lowest BCUT2D eigenvalue weighted by Gasteiger charge is -1.97. The van der Waals surface area contributed by atoms with Crippen LogP contribution in [0.1, 0.15) is 11.5 Å². The predicted octanol–water partition coefficient (Wildman–Crippen LogP) is -0.328. The summed E-state index contributed by atoms with van der Waals surface area (Å²) in [5.74, 6) is 11.8. The van der Waals surface area contributed by atoms with E-state index in [1.165, 1.54) is 0 Å². The lowest BCUT2D eigenvalue weighted by atomic mass is 10.4. The molecule has 0 bridgehead atoms. The van der Waals surface area contributed by atoms with Crippen molar-refractivity contribution >= 4 is 5.84 Å². The Morgan fingerprint density at radius 2 is 2.36 bits per heavy atom. The highest BCUT2D eigenvalue weighted by atomic mass is 16.3. The first kappa shape index (κ1) is 7.62. The molecule has 1 aromatic heterocycles. The van der Waals surface area contributed by atoms with Crippen molar-refractivity contribution in [2.45, 2.75) is 6.92 Å². The van der Waals surface area contributed by atoms with Gasteiger partial charge in [0.2, 0.25) is 5.84 Å². The Morgan fingerprint density at radius 3 is 2.73 bits per heavy atom. The normalized spacial score (nSPS) is 11.6. The summed E-state index contributed by atoms with van der Waals surface area (Å²) >= 11 is 0. The Morgan fingerprint density at radius 1 is 1.64 bits per heavy atom. The molecule has 0 amide bonds. The molecule has 0 aromatic carbocycles. The summed E-state index contributed by atoms with van der Waals surface area (Å²) in [5, 5.41) is 3.38. The zero-order valence-corrected chi connectivity index (χ0v) is 6.16. The van der Waals surface area contributed by atoms with Crippen LogP contribution in [-0.2, 0) is 0 Å². The number of hydrazone groups is 1. The van der Waals surface area contributed by atoms with Gasteiger partial charge in [-0.25, -0.2) is 5.84 Å². The van der Waals surface area contributed by atoms with Gasteiger partial charge in [0, 0.05) is 0 Å². The standard InChI is InChI=1S/C6H10N4O/c1-4-2-3-5(11-4)6(9-7)10-8/h2-3H,7-8H2,1H3,(H,9,10). The van der Waals surface area contributed by atoms with E-state index in [2.05, 4.69) is 10.5 Å². The Balaban J connectivity index is 2.91. The molecule has 0 unspecified atom stereocenters. The van der Waals surface area contributed by atoms with Crippen LogP contribution < -0.4 is 17.1 Å². The first-order valence-corrected chi connectivity index (χ1v) is 3.09. The van der Waals surface area contributed by atoms with E-state index in [0.29, 0.717) is 11.6 Å². The van der Waals surface area contributed by atoms with Crippen LogP contribution in [0.25, 0.3) is 0 Å². The van der Waals surface area contributed by atoms with Crippen molar-refractivity contribution in [2.24, 2.45) is 16.8 Å². The van der Waals surface area contributed by atoms with Crippen LogP contribution in [0.3, 0.4) is 0 Å². The summed E-state index contributed by atoms with van der Waals surface area (Å²) in [7, 11) is 0. The minimum Gasteiger partial charge on any atom is -0.458 e. The highest BCUT2D eigenvalue weighted by Crippen LogP contribution is 2.05. The number of nitrogens with one attached hydrogen (secondary N) is 1. The Hall–Kier alpha value is -1.49. The van der Waals surface area contributed by atoms with Gasteiger partial charge in [0.1, 0.15) is 5.76 Å². The van der Waals surface area contributed by atoms with Crippen molar-refractivity contribution in [1.82, 2.24) is 5.43 Å². The molecule has 0 spiro atoms. The Kier molecular flexibility index (Phi) is 2.12. The molecule has 0 aliphatic heterocycles. The van der Waals surface area contributed by atoms with Crippen LogP contribution in [0.15, 0.2) is 21.7 Å². The molecule has 0 saturated carbocycles. The molecular formula is C6H10N4O. The number of rotatable bonds is 1. The van der Waals surface area contributed by atoms with Crippen molar-refractivity contribution in [3.05, 3.63) is 23.7 Å². The Bertz CT molecular complexity index is 265. The van der Waals surface area contributed by atoms with E-state index in [1.807, 2.05) is 6.92 Å². The lowest BCUT2D eigenvalue weighted by Crippen LogP contribution is -2.31. The number of nitrogens with zero attached hydrogens (tertiary/aromatic N) is 1. The number of furan rings is 1. The molecule has 5 heteroatoms. The van der Waals surface area contributed by atoms with Gasteiger partial charge in [-0.05, 0) is 19.1 Å². The fraction of sp³-hybridized carbons (Fsp3) is 0.167. The van der Waals surface area contributed by atoms with E-state index in [4.69, 9.17) is 16.1 Å². The van der Waals surface area contributed by atoms with Gasteiger partial charge in [0.25, 0.3) is 0 Å². The van der Waals surface area contributed by atoms with Gasteiger partial charge in [0.05, 0.1) is 0 Å². The van der Waals surface area contributed by atoms with Gasteiger partial charge in [-0.3, -0.25) is 0 Å². The first-order chi connectivity index (χ1) is 5.27. The lowest BCUT2D eigenvalue weighted by molar-refractivity contribution is 0.522. The van der Waals surface area contributed by atoms with Gasteiger partial charge >= 0.3 is 0 Å². The molecule has 0 saturated heterocycles. The maximum absolute atomic E-state index is 5.17. The highest BCUT2D eigenvalue weighted by Gasteiger charge is 2.04. The molecule has 0 aliphatic carbocycles. The molecule has 1 heterocycles. The van der Waals surface area contributed by atoms with Crippen molar-refractivity contribution in [3.63, 3.8) is 0 Å². The minimum absolute atomic E-state index is 0.332.